The number of hydrogen-bond donors (Lipinski definition) is 2. The van der Waals surface area contributed by atoms with Crippen molar-refractivity contribution in [3.05, 3.63) is 29.3 Å². The molecule has 7 heteroatoms. The summed E-state index contributed by atoms with van der Waals surface area (Å²) in [6.45, 7) is 0. The number of anilines is 1. The number of benzene rings is 1. The van der Waals surface area contributed by atoms with Gasteiger partial charge in [0.2, 0.25) is 0 Å². The molecule has 0 aliphatic carbocycles. The van der Waals surface area contributed by atoms with Gasteiger partial charge in [0.25, 0.3) is 0 Å². The summed E-state index contributed by atoms with van der Waals surface area (Å²) in [7, 11) is -2.99. The Morgan fingerprint density at radius 2 is 2.06 bits per heavy atom. The van der Waals surface area contributed by atoms with Crippen LogP contribution in [0, 0.1) is 0 Å². The normalized spacial score (nSPS) is 21.5. The van der Waals surface area contributed by atoms with Crippen molar-refractivity contribution in [2.45, 2.75) is 12.5 Å². The molecule has 98 valence electrons. The third-order valence-corrected chi connectivity index (χ3v) is 4.79. The summed E-state index contributed by atoms with van der Waals surface area (Å²) >= 11 is 5.89. The van der Waals surface area contributed by atoms with E-state index in [2.05, 4.69) is 10.6 Å². The molecule has 2 amide bonds. The van der Waals surface area contributed by atoms with Gasteiger partial charge < -0.3 is 10.6 Å². The van der Waals surface area contributed by atoms with Gasteiger partial charge in [-0.15, -0.1) is 0 Å². The Morgan fingerprint density at radius 3 is 2.67 bits per heavy atom. The maximum absolute atomic E-state index is 11.7. The van der Waals surface area contributed by atoms with Crippen LogP contribution >= 0.6 is 11.6 Å². The molecule has 1 aliphatic heterocycles. The highest BCUT2D eigenvalue weighted by molar-refractivity contribution is 7.91. The second-order valence-corrected chi connectivity index (χ2v) is 6.81. The van der Waals surface area contributed by atoms with Gasteiger partial charge in [-0.05, 0) is 18.6 Å². The maximum Gasteiger partial charge on any atom is 0.319 e. The van der Waals surface area contributed by atoms with Crippen LogP contribution in [0.25, 0.3) is 0 Å². The zero-order valence-corrected chi connectivity index (χ0v) is 11.1. The molecule has 1 aliphatic rings. The number of halogens is 1. The van der Waals surface area contributed by atoms with Crippen molar-refractivity contribution in [2.24, 2.45) is 0 Å². The van der Waals surface area contributed by atoms with Gasteiger partial charge in [-0.25, -0.2) is 13.2 Å². The summed E-state index contributed by atoms with van der Waals surface area (Å²) in [5.74, 6) is 0.132. The summed E-state index contributed by atoms with van der Waals surface area (Å²) in [4.78, 5) is 11.7. The Bertz CT molecular complexity index is 559. The molecule has 1 aromatic carbocycles. The van der Waals surface area contributed by atoms with Gasteiger partial charge in [-0.2, -0.15) is 0 Å². The first kappa shape index (κ1) is 13.2. The van der Waals surface area contributed by atoms with E-state index < -0.39 is 15.9 Å². The van der Waals surface area contributed by atoms with Crippen LogP contribution in [0.3, 0.4) is 0 Å². The first-order valence-electron chi connectivity index (χ1n) is 5.49. The molecule has 1 aromatic rings. The van der Waals surface area contributed by atoms with E-state index in [9.17, 15) is 13.2 Å². The molecule has 1 heterocycles. The molecule has 0 bridgehead atoms. The SMILES string of the molecule is O=C(Nc1ccccc1Cl)N[C@@H]1CCS(=O)(=O)C1. The lowest BCUT2D eigenvalue weighted by Crippen LogP contribution is -2.38. The van der Waals surface area contributed by atoms with Crippen molar-refractivity contribution in [3.63, 3.8) is 0 Å². The van der Waals surface area contributed by atoms with Crippen LogP contribution in [0.2, 0.25) is 5.02 Å². The summed E-state index contributed by atoms with van der Waals surface area (Å²) in [5, 5.41) is 5.65. The molecule has 1 fully saturated rings. The summed E-state index contributed by atoms with van der Waals surface area (Å²) in [6.07, 6.45) is 0.457. The Labute approximate surface area is 110 Å². The van der Waals surface area contributed by atoms with E-state index in [0.717, 1.165) is 0 Å². The van der Waals surface area contributed by atoms with E-state index in [1.165, 1.54) is 0 Å². The van der Waals surface area contributed by atoms with E-state index in [1.54, 1.807) is 24.3 Å². The third kappa shape index (κ3) is 3.36. The van der Waals surface area contributed by atoms with Gasteiger partial charge in [-0.1, -0.05) is 23.7 Å². The average Bonchev–Trinajstić information content (AvgIpc) is 2.61. The largest absolute Gasteiger partial charge is 0.334 e. The molecule has 5 nitrogen and oxygen atoms in total. The van der Waals surface area contributed by atoms with Crippen LogP contribution in [-0.2, 0) is 9.84 Å². The Hall–Kier alpha value is -1.27. The topological polar surface area (TPSA) is 75.3 Å². The standard InChI is InChI=1S/C11H13ClN2O3S/c12-9-3-1-2-4-10(9)14-11(15)13-8-5-6-18(16,17)7-8/h1-4,8H,5-7H2,(H2,13,14,15)/t8-/m1/s1. The molecule has 2 rings (SSSR count). The van der Waals surface area contributed by atoms with Crippen LogP contribution in [0.15, 0.2) is 24.3 Å². The van der Waals surface area contributed by atoms with E-state index in [1.807, 2.05) is 0 Å². The molecular weight excluding hydrogens is 276 g/mol. The zero-order valence-electron chi connectivity index (χ0n) is 9.52. The van der Waals surface area contributed by atoms with Gasteiger partial charge >= 0.3 is 6.03 Å². The highest BCUT2D eigenvalue weighted by atomic mass is 35.5. The molecule has 0 aromatic heterocycles. The number of sulfone groups is 1. The van der Waals surface area contributed by atoms with Crippen molar-refractivity contribution < 1.29 is 13.2 Å². The fourth-order valence-corrected chi connectivity index (χ4v) is 3.67. The summed E-state index contributed by atoms with van der Waals surface area (Å²) < 4.78 is 22.5. The quantitative estimate of drug-likeness (QED) is 0.869. The highest BCUT2D eigenvalue weighted by Gasteiger charge is 2.28. The Balaban J connectivity index is 1.92. The predicted octanol–water partition coefficient (Wildman–Crippen LogP) is 1.65. The first-order valence-corrected chi connectivity index (χ1v) is 7.69. The molecule has 0 unspecified atom stereocenters. The first-order chi connectivity index (χ1) is 8.46. The minimum atomic E-state index is -2.99. The van der Waals surface area contributed by atoms with E-state index in [-0.39, 0.29) is 17.5 Å². The van der Waals surface area contributed by atoms with Gasteiger partial charge in [0, 0.05) is 6.04 Å². The minimum absolute atomic E-state index is 0.00292. The number of nitrogens with one attached hydrogen (secondary N) is 2. The maximum atomic E-state index is 11.7. The number of carbonyl (C=O) groups is 1. The molecule has 0 saturated carbocycles. The lowest BCUT2D eigenvalue weighted by molar-refractivity contribution is 0.249. The summed E-state index contributed by atoms with van der Waals surface area (Å²) in [6, 6.07) is 6.09. The highest BCUT2D eigenvalue weighted by Crippen LogP contribution is 2.20. The van der Waals surface area contributed by atoms with Gasteiger partial charge in [0.1, 0.15) is 0 Å². The van der Waals surface area contributed by atoms with Crippen molar-refractivity contribution in [3.8, 4) is 0 Å². The summed E-state index contributed by atoms with van der Waals surface area (Å²) in [5.41, 5.74) is 0.498. The van der Waals surface area contributed by atoms with Crippen molar-refractivity contribution in [1.29, 1.82) is 0 Å². The fourth-order valence-electron chi connectivity index (χ4n) is 1.82. The Morgan fingerprint density at radius 1 is 1.33 bits per heavy atom. The van der Waals surface area contributed by atoms with Crippen molar-refractivity contribution >= 4 is 33.2 Å². The average molecular weight is 289 g/mol. The molecule has 1 saturated heterocycles. The lowest BCUT2D eigenvalue weighted by Gasteiger charge is -2.12. The smallest absolute Gasteiger partial charge is 0.319 e. The van der Waals surface area contributed by atoms with Crippen LogP contribution in [0.5, 0.6) is 0 Å². The molecule has 1 atom stereocenters. The van der Waals surface area contributed by atoms with E-state index in [0.29, 0.717) is 17.1 Å². The van der Waals surface area contributed by atoms with E-state index >= 15 is 0 Å². The number of amides is 2. The van der Waals surface area contributed by atoms with Gasteiger partial charge in [0.15, 0.2) is 9.84 Å². The molecule has 0 spiro atoms. The second-order valence-electron chi connectivity index (χ2n) is 4.18. The molecule has 0 radical (unpaired) electrons. The number of para-hydroxylation sites is 1. The predicted molar refractivity (Wildman–Crippen MR) is 70.7 cm³/mol. The monoisotopic (exact) mass is 288 g/mol. The zero-order chi connectivity index (χ0) is 13.2. The van der Waals surface area contributed by atoms with Crippen LogP contribution in [-0.4, -0.2) is 32.0 Å². The van der Waals surface area contributed by atoms with Crippen molar-refractivity contribution in [1.82, 2.24) is 5.32 Å². The van der Waals surface area contributed by atoms with Crippen LogP contribution in [0.1, 0.15) is 6.42 Å². The number of urea groups is 1. The number of hydrogen-bond acceptors (Lipinski definition) is 3. The lowest BCUT2D eigenvalue weighted by atomic mass is 10.3. The number of rotatable bonds is 2. The van der Waals surface area contributed by atoms with Crippen LogP contribution < -0.4 is 10.6 Å². The molecule has 2 N–H and O–H groups in total. The third-order valence-electron chi connectivity index (χ3n) is 2.69. The fraction of sp³-hybridized carbons (Fsp3) is 0.364. The van der Waals surface area contributed by atoms with Crippen LogP contribution in [0.4, 0.5) is 10.5 Å². The van der Waals surface area contributed by atoms with Crippen molar-refractivity contribution in [2.75, 3.05) is 16.8 Å². The molecule has 18 heavy (non-hydrogen) atoms. The van der Waals surface area contributed by atoms with E-state index in [4.69, 9.17) is 11.6 Å². The Kier molecular flexibility index (Phi) is 3.77. The van der Waals surface area contributed by atoms with Gasteiger partial charge in [-0.3, -0.25) is 0 Å². The number of carbonyl (C=O) groups excluding carboxylic acids is 1. The van der Waals surface area contributed by atoms with Gasteiger partial charge in [0.05, 0.1) is 22.2 Å². The minimum Gasteiger partial charge on any atom is -0.334 e. The second kappa shape index (κ2) is 5.16. The molecular formula is C11H13ClN2O3S.